The van der Waals surface area contributed by atoms with E-state index in [2.05, 4.69) is 37.9 Å². The van der Waals surface area contributed by atoms with Crippen molar-refractivity contribution in [2.75, 3.05) is 32.8 Å². The summed E-state index contributed by atoms with van der Waals surface area (Å²) in [6.45, 7) is 14.0. The molecule has 0 aliphatic carbocycles. The second kappa shape index (κ2) is 8.35. The van der Waals surface area contributed by atoms with Crippen LogP contribution in [0.5, 0.6) is 0 Å². The van der Waals surface area contributed by atoms with Gasteiger partial charge in [-0.3, -0.25) is 0 Å². The molecule has 1 fully saturated rings. The number of aliphatic hydroxyl groups excluding tert-OH is 1. The molecule has 0 aromatic rings. The molecule has 0 aromatic heterocycles. The number of piperidine rings is 1. The van der Waals surface area contributed by atoms with Gasteiger partial charge in [0, 0.05) is 5.54 Å². The maximum Gasteiger partial charge on any atom is 0.0610 e. The molecule has 1 aliphatic rings. The Bertz CT molecular complexity index is 262. The highest BCUT2D eigenvalue weighted by atomic mass is 16.3. The smallest absolute Gasteiger partial charge is 0.0610 e. The minimum Gasteiger partial charge on any atom is -0.394 e. The van der Waals surface area contributed by atoms with Crippen LogP contribution in [0.4, 0.5) is 0 Å². The average Bonchev–Trinajstić information content (AvgIpc) is 2.47. The van der Waals surface area contributed by atoms with Crippen LogP contribution in [0, 0.1) is 5.41 Å². The number of nitrogens with zero attached hydrogens (tertiary/aromatic N) is 1. The van der Waals surface area contributed by atoms with Gasteiger partial charge in [0.25, 0.3) is 0 Å². The van der Waals surface area contributed by atoms with Crippen molar-refractivity contribution in [2.45, 2.75) is 71.8 Å². The molecule has 1 aliphatic heterocycles. The third-order valence-corrected chi connectivity index (χ3v) is 5.27. The van der Waals surface area contributed by atoms with Crippen LogP contribution < -0.4 is 5.32 Å². The molecule has 0 aromatic carbocycles. The fourth-order valence-electron chi connectivity index (χ4n) is 3.01. The van der Waals surface area contributed by atoms with Gasteiger partial charge in [-0.2, -0.15) is 0 Å². The fourth-order valence-corrected chi connectivity index (χ4v) is 3.01. The van der Waals surface area contributed by atoms with Gasteiger partial charge >= 0.3 is 0 Å². The average molecular weight is 284 g/mol. The lowest BCUT2D eigenvalue weighted by atomic mass is 9.78. The lowest BCUT2D eigenvalue weighted by Crippen LogP contribution is -2.47. The van der Waals surface area contributed by atoms with E-state index < -0.39 is 0 Å². The standard InChI is InChI=1S/C17H36N2O/c1-5-11-18-17(4,15-20)8-7-12-19-13-9-16(3,6-2)10-14-19/h18,20H,5-15H2,1-4H3. The maximum atomic E-state index is 9.57. The molecule has 0 saturated carbocycles. The van der Waals surface area contributed by atoms with Crippen molar-refractivity contribution in [2.24, 2.45) is 5.41 Å². The highest BCUT2D eigenvalue weighted by Gasteiger charge is 2.28. The van der Waals surface area contributed by atoms with Gasteiger partial charge in [0.15, 0.2) is 0 Å². The molecule has 0 amide bonds. The van der Waals surface area contributed by atoms with Crippen LogP contribution in [0.15, 0.2) is 0 Å². The minimum atomic E-state index is -0.0935. The Hall–Kier alpha value is -0.120. The molecule has 1 saturated heterocycles. The van der Waals surface area contributed by atoms with Crippen LogP contribution >= 0.6 is 0 Å². The Balaban J connectivity index is 2.24. The van der Waals surface area contributed by atoms with Crippen LogP contribution in [0.2, 0.25) is 0 Å². The fraction of sp³-hybridized carbons (Fsp3) is 1.00. The number of aliphatic hydroxyl groups is 1. The third kappa shape index (κ3) is 5.71. The van der Waals surface area contributed by atoms with E-state index in [1.807, 2.05) is 0 Å². The van der Waals surface area contributed by atoms with Gasteiger partial charge < -0.3 is 15.3 Å². The predicted octanol–water partition coefficient (Wildman–Crippen LogP) is 3.03. The molecule has 2 N–H and O–H groups in total. The maximum absolute atomic E-state index is 9.57. The zero-order valence-electron chi connectivity index (χ0n) is 14.2. The Labute approximate surface area is 126 Å². The summed E-state index contributed by atoms with van der Waals surface area (Å²) in [4.78, 5) is 2.61. The van der Waals surface area contributed by atoms with Gasteiger partial charge in [-0.1, -0.05) is 27.2 Å². The van der Waals surface area contributed by atoms with E-state index in [0.29, 0.717) is 5.41 Å². The highest BCUT2D eigenvalue weighted by Crippen LogP contribution is 2.33. The van der Waals surface area contributed by atoms with Crippen molar-refractivity contribution in [1.82, 2.24) is 10.2 Å². The second-order valence-electron chi connectivity index (χ2n) is 7.25. The summed E-state index contributed by atoms with van der Waals surface area (Å²) in [7, 11) is 0. The minimum absolute atomic E-state index is 0.0935. The molecule has 0 bridgehead atoms. The number of hydrogen-bond donors (Lipinski definition) is 2. The molecule has 20 heavy (non-hydrogen) atoms. The van der Waals surface area contributed by atoms with E-state index in [9.17, 15) is 5.11 Å². The van der Waals surface area contributed by atoms with Crippen LogP contribution in [0.25, 0.3) is 0 Å². The Kier molecular flexibility index (Phi) is 7.49. The van der Waals surface area contributed by atoms with Crippen molar-refractivity contribution in [3.05, 3.63) is 0 Å². The normalized spacial score (nSPS) is 22.6. The Morgan fingerprint density at radius 3 is 2.40 bits per heavy atom. The van der Waals surface area contributed by atoms with Gasteiger partial charge in [0.1, 0.15) is 0 Å². The molecular weight excluding hydrogens is 248 g/mol. The highest BCUT2D eigenvalue weighted by molar-refractivity contribution is 4.84. The van der Waals surface area contributed by atoms with Crippen molar-refractivity contribution in [3.63, 3.8) is 0 Å². The van der Waals surface area contributed by atoms with E-state index >= 15 is 0 Å². The summed E-state index contributed by atoms with van der Waals surface area (Å²) in [6.07, 6.45) is 7.35. The Morgan fingerprint density at radius 2 is 1.90 bits per heavy atom. The third-order valence-electron chi connectivity index (χ3n) is 5.27. The zero-order valence-corrected chi connectivity index (χ0v) is 14.2. The van der Waals surface area contributed by atoms with Crippen LogP contribution in [-0.2, 0) is 0 Å². The first-order valence-electron chi connectivity index (χ1n) is 8.55. The Morgan fingerprint density at radius 1 is 1.25 bits per heavy atom. The first kappa shape index (κ1) is 17.9. The van der Waals surface area contributed by atoms with Gasteiger partial charge in [-0.25, -0.2) is 0 Å². The zero-order chi connectivity index (χ0) is 15.1. The van der Waals surface area contributed by atoms with Crippen LogP contribution in [-0.4, -0.2) is 48.3 Å². The molecule has 1 unspecified atom stereocenters. The van der Waals surface area contributed by atoms with Crippen LogP contribution in [0.1, 0.15) is 66.2 Å². The molecular formula is C17H36N2O. The largest absolute Gasteiger partial charge is 0.394 e. The van der Waals surface area contributed by atoms with Gasteiger partial charge in [0.05, 0.1) is 6.61 Å². The summed E-state index contributed by atoms with van der Waals surface area (Å²) in [5.41, 5.74) is 0.489. The van der Waals surface area contributed by atoms with E-state index in [1.165, 1.54) is 45.3 Å². The number of hydrogen-bond acceptors (Lipinski definition) is 3. The summed E-state index contributed by atoms with van der Waals surface area (Å²) >= 11 is 0. The van der Waals surface area contributed by atoms with E-state index in [-0.39, 0.29) is 12.1 Å². The summed E-state index contributed by atoms with van der Waals surface area (Å²) in [5.74, 6) is 0. The topological polar surface area (TPSA) is 35.5 Å². The molecule has 1 rings (SSSR count). The molecule has 0 spiro atoms. The molecule has 3 heteroatoms. The van der Waals surface area contributed by atoms with Crippen molar-refractivity contribution < 1.29 is 5.11 Å². The van der Waals surface area contributed by atoms with Crippen LogP contribution in [0.3, 0.4) is 0 Å². The molecule has 0 radical (unpaired) electrons. The summed E-state index contributed by atoms with van der Waals surface area (Å²) < 4.78 is 0. The van der Waals surface area contributed by atoms with Crippen molar-refractivity contribution in [1.29, 1.82) is 0 Å². The van der Waals surface area contributed by atoms with Gasteiger partial charge in [-0.15, -0.1) is 0 Å². The molecule has 1 atom stereocenters. The summed E-state index contributed by atoms with van der Waals surface area (Å²) in [5, 5.41) is 13.1. The van der Waals surface area contributed by atoms with E-state index in [1.54, 1.807) is 0 Å². The number of likely N-dealkylation sites (tertiary alicyclic amines) is 1. The molecule has 120 valence electrons. The first-order valence-corrected chi connectivity index (χ1v) is 8.55. The van der Waals surface area contributed by atoms with Crippen molar-refractivity contribution in [3.8, 4) is 0 Å². The first-order chi connectivity index (χ1) is 9.47. The van der Waals surface area contributed by atoms with E-state index in [0.717, 1.165) is 19.4 Å². The predicted molar refractivity (Wildman–Crippen MR) is 87.1 cm³/mol. The molecule has 1 heterocycles. The van der Waals surface area contributed by atoms with Crippen molar-refractivity contribution >= 4 is 0 Å². The number of nitrogens with one attached hydrogen (secondary N) is 1. The summed E-state index contributed by atoms with van der Waals surface area (Å²) in [6, 6.07) is 0. The molecule has 3 nitrogen and oxygen atoms in total. The lowest BCUT2D eigenvalue weighted by molar-refractivity contribution is 0.106. The number of rotatable bonds is 9. The SMILES string of the molecule is CCCNC(C)(CO)CCCN1CCC(C)(CC)CC1. The monoisotopic (exact) mass is 284 g/mol. The second-order valence-corrected chi connectivity index (χ2v) is 7.25. The van der Waals surface area contributed by atoms with Gasteiger partial charge in [0.2, 0.25) is 0 Å². The van der Waals surface area contributed by atoms with Gasteiger partial charge in [-0.05, 0) is 70.6 Å². The quantitative estimate of drug-likeness (QED) is 0.683. The van der Waals surface area contributed by atoms with E-state index in [4.69, 9.17) is 0 Å². The lowest BCUT2D eigenvalue weighted by Gasteiger charge is -2.39.